The Hall–Kier alpha value is -1.89. The molecule has 0 aromatic rings. The molecule has 0 aromatic heterocycles. The quantitative estimate of drug-likeness (QED) is 0.168. The number of aliphatic hydroxyl groups excluding tert-OH is 1. The molecular formula is C23H41NO6. The summed E-state index contributed by atoms with van der Waals surface area (Å²) in [7, 11) is 0. The molecule has 0 bridgehead atoms. The van der Waals surface area contributed by atoms with E-state index in [-0.39, 0.29) is 31.3 Å². The van der Waals surface area contributed by atoms with E-state index < -0.39 is 18.0 Å². The molecule has 4 N–H and O–H groups in total. The molecule has 0 heterocycles. The molecule has 0 radical (unpaired) electrons. The van der Waals surface area contributed by atoms with Crippen LogP contribution in [-0.2, 0) is 14.4 Å². The van der Waals surface area contributed by atoms with Crippen molar-refractivity contribution in [2.75, 3.05) is 0 Å². The van der Waals surface area contributed by atoms with E-state index in [4.69, 9.17) is 10.2 Å². The minimum atomic E-state index is -1.21. The first-order valence-corrected chi connectivity index (χ1v) is 11.4. The predicted octanol–water partition coefficient (Wildman–Crippen LogP) is 4.43. The summed E-state index contributed by atoms with van der Waals surface area (Å²) in [4.78, 5) is 33.4. The van der Waals surface area contributed by atoms with Crippen molar-refractivity contribution in [2.45, 2.75) is 115 Å². The number of unbranched alkanes of at least 4 members (excludes halogenated alkanes) is 8. The number of carbonyl (C=O) groups is 3. The Morgan fingerprint density at radius 2 is 1.50 bits per heavy atom. The number of aliphatic hydroxyl groups is 1. The lowest BCUT2D eigenvalue weighted by molar-refractivity contribution is -0.143. The molecule has 30 heavy (non-hydrogen) atoms. The average molecular weight is 428 g/mol. The van der Waals surface area contributed by atoms with Crippen LogP contribution in [0, 0.1) is 0 Å². The zero-order valence-corrected chi connectivity index (χ0v) is 18.5. The molecule has 0 aromatic carbocycles. The van der Waals surface area contributed by atoms with Gasteiger partial charge in [-0.3, -0.25) is 9.59 Å². The number of rotatable bonds is 20. The maximum absolute atomic E-state index is 11.8. The Morgan fingerprint density at radius 1 is 0.833 bits per heavy atom. The number of aliphatic carboxylic acids is 2. The Morgan fingerprint density at radius 3 is 2.17 bits per heavy atom. The third-order valence-corrected chi connectivity index (χ3v) is 5.02. The monoisotopic (exact) mass is 427 g/mol. The highest BCUT2D eigenvalue weighted by Crippen LogP contribution is 2.11. The van der Waals surface area contributed by atoms with Gasteiger partial charge in [-0.1, -0.05) is 64.0 Å². The van der Waals surface area contributed by atoms with Gasteiger partial charge in [0, 0.05) is 12.8 Å². The minimum Gasteiger partial charge on any atom is -0.481 e. The van der Waals surface area contributed by atoms with Gasteiger partial charge in [0.1, 0.15) is 6.04 Å². The van der Waals surface area contributed by atoms with Crippen molar-refractivity contribution in [3.05, 3.63) is 12.2 Å². The van der Waals surface area contributed by atoms with Crippen molar-refractivity contribution in [3.63, 3.8) is 0 Å². The van der Waals surface area contributed by atoms with Crippen LogP contribution in [0.1, 0.15) is 103 Å². The maximum Gasteiger partial charge on any atom is 0.326 e. The summed E-state index contributed by atoms with van der Waals surface area (Å²) in [5.74, 6) is -2.63. The summed E-state index contributed by atoms with van der Waals surface area (Å²) in [6.07, 6.45) is 15.9. The molecule has 7 nitrogen and oxygen atoms in total. The van der Waals surface area contributed by atoms with Gasteiger partial charge in [-0.2, -0.15) is 0 Å². The lowest BCUT2D eigenvalue weighted by atomic mass is 10.1. The second-order valence-corrected chi connectivity index (χ2v) is 7.91. The van der Waals surface area contributed by atoms with Crippen molar-refractivity contribution >= 4 is 17.8 Å². The Kier molecular flexibility index (Phi) is 17.9. The zero-order chi connectivity index (χ0) is 22.6. The van der Waals surface area contributed by atoms with E-state index in [1.807, 2.05) is 0 Å². The molecule has 0 rings (SSSR count). The first kappa shape index (κ1) is 28.1. The molecule has 0 saturated heterocycles. The third-order valence-electron chi connectivity index (χ3n) is 5.02. The molecule has 2 atom stereocenters. The molecule has 2 unspecified atom stereocenters. The fourth-order valence-electron chi connectivity index (χ4n) is 3.17. The molecule has 0 fully saturated rings. The average Bonchev–Trinajstić information content (AvgIpc) is 2.69. The van der Waals surface area contributed by atoms with Crippen LogP contribution in [0.25, 0.3) is 0 Å². The highest BCUT2D eigenvalue weighted by atomic mass is 16.4. The topological polar surface area (TPSA) is 124 Å². The van der Waals surface area contributed by atoms with Crippen LogP contribution in [0.4, 0.5) is 0 Å². The van der Waals surface area contributed by atoms with Gasteiger partial charge >= 0.3 is 11.9 Å². The summed E-state index contributed by atoms with van der Waals surface area (Å²) in [5, 5.41) is 29.9. The van der Waals surface area contributed by atoms with Crippen LogP contribution in [0.15, 0.2) is 12.2 Å². The maximum atomic E-state index is 11.8. The molecule has 1 amide bonds. The summed E-state index contributed by atoms with van der Waals surface area (Å²) < 4.78 is 0. The van der Waals surface area contributed by atoms with E-state index in [1.165, 1.54) is 19.3 Å². The fraction of sp³-hybridized carbons (Fsp3) is 0.783. The van der Waals surface area contributed by atoms with Gasteiger partial charge < -0.3 is 20.6 Å². The van der Waals surface area contributed by atoms with E-state index in [1.54, 1.807) is 0 Å². The zero-order valence-electron chi connectivity index (χ0n) is 18.5. The predicted molar refractivity (Wildman–Crippen MR) is 117 cm³/mol. The van der Waals surface area contributed by atoms with Crippen LogP contribution >= 0.6 is 0 Å². The first-order valence-electron chi connectivity index (χ1n) is 11.4. The molecule has 0 aliphatic rings. The molecule has 0 aliphatic heterocycles. The van der Waals surface area contributed by atoms with Gasteiger partial charge in [-0.15, -0.1) is 0 Å². The van der Waals surface area contributed by atoms with Crippen LogP contribution < -0.4 is 5.32 Å². The smallest absolute Gasteiger partial charge is 0.326 e. The third kappa shape index (κ3) is 18.2. The van der Waals surface area contributed by atoms with Gasteiger partial charge in [0.05, 0.1) is 6.10 Å². The largest absolute Gasteiger partial charge is 0.481 e. The van der Waals surface area contributed by atoms with E-state index in [2.05, 4.69) is 24.4 Å². The number of carboxylic acids is 2. The Bertz CT molecular complexity index is 506. The van der Waals surface area contributed by atoms with Gasteiger partial charge in [-0.25, -0.2) is 4.79 Å². The van der Waals surface area contributed by atoms with Crippen molar-refractivity contribution in [3.8, 4) is 0 Å². The van der Waals surface area contributed by atoms with Gasteiger partial charge in [0.2, 0.25) is 5.91 Å². The highest BCUT2D eigenvalue weighted by molar-refractivity contribution is 5.83. The fourth-order valence-corrected chi connectivity index (χ4v) is 3.17. The molecule has 0 spiro atoms. The lowest BCUT2D eigenvalue weighted by Gasteiger charge is -2.13. The molecule has 174 valence electrons. The molecule has 0 saturated carbocycles. The number of carboxylic acid groups (broad SMARTS) is 2. The van der Waals surface area contributed by atoms with Crippen LogP contribution in [0.2, 0.25) is 0 Å². The normalized spacial score (nSPS) is 13.3. The highest BCUT2D eigenvalue weighted by Gasteiger charge is 2.20. The minimum absolute atomic E-state index is 0.111. The summed E-state index contributed by atoms with van der Waals surface area (Å²) in [5.41, 5.74) is 0. The van der Waals surface area contributed by atoms with Crippen molar-refractivity contribution < 1.29 is 29.7 Å². The Balaban J connectivity index is 3.64. The van der Waals surface area contributed by atoms with Crippen molar-refractivity contribution in [2.24, 2.45) is 0 Å². The number of amides is 1. The van der Waals surface area contributed by atoms with E-state index in [0.29, 0.717) is 6.42 Å². The van der Waals surface area contributed by atoms with Crippen molar-refractivity contribution in [1.82, 2.24) is 5.32 Å². The molecular weight excluding hydrogens is 386 g/mol. The van der Waals surface area contributed by atoms with E-state index >= 15 is 0 Å². The van der Waals surface area contributed by atoms with E-state index in [0.717, 1.165) is 51.4 Å². The Labute approximate surface area is 180 Å². The van der Waals surface area contributed by atoms with Gasteiger partial charge in [0.15, 0.2) is 0 Å². The van der Waals surface area contributed by atoms with Crippen LogP contribution in [0.3, 0.4) is 0 Å². The number of carbonyl (C=O) groups excluding carboxylic acids is 1. The summed E-state index contributed by atoms with van der Waals surface area (Å²) >= 11 is 0. The van der Waals surface area contributed by atoms with Crippen LogP contribution in [0.5, 0.6) is 0 Å². The number of hydrogen-bond acceptors (Lipinski definition) is 4. The van der Waals surface area contributed by atoms with Gasteiger partial charge in [0.25, 0.3) is 0 Å². The number of hydrogen-bond donors (Lipinski definition) is 4. The second kappa shape index (κ2) is 19.1. The van der Waals surface area contributed by atoms with Crippen LogP contribution in [-0.4, -0.2) is 45.3 Å². The summed E-state index contributed by atoms with van der Waals surface area (Å²) in [6, 6.07) is -1.14. The number of allylic oxidation sites excluding steroid dienone is 1. The molecule has 7 heteroatoms. The molecule has 0 aliphatic carbocycles. The van der Waals surface area contributed by atoms with E-state index in [9.17, 15) is 19.5 Å². The van der Waals surface area contributed by atoms with Gasteiger partial charge in [-0.05, 0) is 38.5 Å². The second-order valence-electron chi connectivity index (χ2n) is 7.91. The number of nitrogens with one attached hydrogen (secondary N) is 1. The lowest BCUT2D eigenvalue weighted by Crippen LogP contribution is -2.41. The first-order chi connectivity index (χ1) is 14.4. The van der Waals surface area contributed by atoms with Crippen molar-refractivity contribution in [1.29, 1.82) is 0 Å². The SMILES string of the molecule is CCCCCCC(O)C/C=C\CCCCCCCC(=O)NC(CCC(=O)O)C(=O)O. The standard InChI is InChI=1S/C23H41NO6/c1-2-3-4-11-14-19(25)15-12-9-7-5-6-8-10-13-16-21(26)24-20(23(29)30)17-18-22(27)28/h9,12,19-20,25H,2-8,10-11,13-18H2,1H3,(H,24,26)(H,27,28)(H,29,30)/b12-9-. The summed E-state index contributed by atoms with van der Waals surface area (Å²) in [6.45, 7) is 2.18.